The first-order valence-corrected chi connectivity index (χ1v) is 4.99. The van der Waals surface area contributed by atoms with Gasteiger partial charge in [-0.25, -0.2) is 4.52 Å². The first kappa shape index (κ1) is 10.3. The van der Waals surface area contributed by atoms with Crippen LogP contribution in [-0.2, 0) is 0 Å². The lowest BCUT2D eigenvalue weighted by atomic mass is 10.2. The maximum absolute atomic E-state index is 9.81. The van der Waals surface area contributed by atoms with Crippen molar-refractivity contribution in [1.29, 1.82) is 5.26 Å². The van der Waals surface area contributed by atoms with Gasteiger partial charge in [-0.2, -0.15) is 10.4 Å². The van der Waals surface area contributed by atoms with Crippen molar-refractivity contribution in [3.8, 4) is 11.8 Å². The molecule has 0 amide bonds. The van der Waals surface area contributed by atoms with E-state index in [-0.39, 0.29) is 11.8 Å². The predicted molar refractivity (Wildman–Crippen MR) is 60.3 cm³/mol. The molecule has 0 bridgehead atoms. The van der Waals surface area contributed by atoms with E-state index in [0.29, 0.717) is 11.1 Å². The number of anilines is 1. The average Bonchev–Trinajstić information content (AvgIpc) is 2.59. The number of fused-ring (bicyclic) bond motifs is 1. The van der Waals surface area contributed by atoms with Crippen LogP contribution in [0.25, 0.3) is 5.52 Å². The maximum atomic E-state index is 9.81. The SMILES string of the molecule is CC(C)Nc1cc(O)c2c(C#N)cnn2c1. The quantitative estimate of drug-likeness (QED) is 0.801. The van der Waals surface area contributed by atoms with Crippen LogP contribution in [0.4, 0.5) is 5.69 Å². The highest BCUT2D eigenvalue weighted by Crippen LogP contribution is 2.25. The standard InChI is InChI=1S/C11H12N4O/c1-7(2)14-9-3-10(16)11-8(4-12)5-13-15(11)6-9/h3,5-7,14,16H,1-2H3. The van der Waals surface area contributed by atoms with Gasteiger partial charge < -0.3 is 10.4 Å². The Morgan fingerprint density at radius 3 is 2.94 bits per heavy atom. The van der Waals surface area contributed by atoms with Crippen LogP contribution in [0, 0.1) is 11.3 Å². The molecule has 82 valence electrons. The van der Waals surface area contributed by atoms with Gasteiger partial charge in [0.2, 0.25) is 0 Å². The maximum Gasteiger partial charge on any atom is 0.144 e. The highest BCUT2D eigenvalue weighted by atomic mass is 16.3. The number of hydrogen-bond acceptors (Lipinski definition) is 4. The largest absolute Gasteiger partial charge is 0.506 e. The number of rotatable bonds is 2. The molecule has 0 fully saturated rings. The average molecular weight is 216 g/mol. The summed E-state index contributed by atoms with van der Waals surface area (Å²) in [4.78, 5) is 0. The molecule has 0 radical (unpaired) electrons. The molecular weight excluding hydrogens is 204 g/mol. The van der Waals surface area contributed by atoms with Crippen molar-refractivity contribution in [2.45, 2.75) is 19.9 Å². The van der Waals surface area contributed by atoms with Crippen LogP contribution in [0.1, 0.15) is 19.4 Å². The Morgan fingerprint density at radius 1 is 1.56 bits per heavy atom. The van der Waals surface area contributed by atoms with E-state index in [0.717, 1.165) is 5.69 Å². The first-order chi connectivity index (χ1) is 7.61. The van der Waals surface area contributed by atoms with Crippen molar-refractivity contribution in [3.63, 3.8) is 0 Å². The molecule has 2 aromatic rings. The molecule has 5 nitrogen and oxygen atoms in total. The molecule has 5 heteroatoms. The Labute approximate surface area is 92.9 Å². The second-order valence-electron chi connectivity index (χ2n) is 3.88. The van der Waals surface area contributed by atoms with Crippen molar-refractivity contribution in [2.24, 2.45) is 0 Å². The smallest absolute Gasteiger partial charge is 0.144 e. The Morgan fingerprint density at radius 2 is 2.31 bits per heavy atom. The topological polar surface area (TPSA) is 73.3 Å². The number of hydrogen-bond donors (Lipinski definition) is 2. The first-order valence-electron chi connectivity index (χ1n) is 4.99. The molecule has 2 aromatic heterocycles. The van der Waals surface area contributed by atoms with E-state index in [2.05, 4.69) is 10.4 Å². The van der Waals surface area contributed by atoms with Crippen LogP contribution >= 0.6 is 0 Å². The molecule has 0 saturated heterocycles. The molecule has 0 saturated carbocycles. The molecule has 0 atom stereocenters. The highest BCUT2D eigenvalue weighted by Gasteiger charge is 2.10. The summed E-state index contributed by atoms with van der Waals surface area (Å²) in [7, 11) is 0. The molecule has 2 N–H and O–H groups in total. The van der Waals surface area contributed by atoms with Crippen LogP contribution in [0.15, 0.2) is 18.5 Å². The zero-order chi connectivity index (χ0) is 11.7. The zero-order valence-electron chi connectivity index (χ0n) is 9.10. The summed E-state index contributed by atoms with van der Waals surface area (Å²) in [6.45, 7) is 4.01. The zero-order valence-corrected chi connectivity index (χ0v) is 9.10. The highest BCUT2D eigenvalue weighted by molar-refractivity contribution is 5.71. The summed E-state index contributed by atoms with van der Waals surface area (Å²) in [5.41, 5.74) is 1.58. The summed E-state index contributed by atoms with van der Waals surface area (Å²) >= 11 is 0. The van der Waals surface area contributed by atoms with E-state index in [1.165, 1.54) is 10.7 Å². The Balaban J connectivity index is 2.57. The minimum atomic E-state index is 0.0553. The summed E-state index contributed by atoms with van der Waals surface area (Å²) in [6.07, 6.45) is 3.18. The molecule has 0 aliphatic heterocycles. The summed E-state index contributed by atoms with van der Waals surface area (Å²) in [6, 6.07) is 3.85. The number of aromatic nitrogens is 2. The van der Waals surface area contributed by atoms with Gasteiger partial charge in [-0.15, -0.1) is 0 Å². The lowest BCUT2D eigenvalue weighted by Gasteiger charge is -2.10. The van der Waals surface area contributed by atoms with Crippen molar-refractivity contribution < 1.29 is 5.11 Å². The fourth-order valence-electron chi connectivity index (χ4n) is 1.59. The second kappa shape index (κ2) is 3.74. The number of nitrogens with zero attached hydrogens (tertiary/aromatic N) is 3. The Hall–Kier alpha value is -2.22. The molecule has 0 aliphatic carbocycles. The molecule has 2 rings (SSSR count). The third kappa shape index (κ3) is 1.65. The second-order valence-corrected chi connectivity index (χ2v) is 3.88. The summed E-state index contributed by atoms with van der Waals surface area (Å²) in [5, 5.41) is 25.8. The number of pyridine rings is 1. The molecule has 16 heavy (non-hydrogen) atoms. The fourth-order valence-corrected chi connectivity index (χ4v) is 1.59. The molecule has 0 unspecified atom stereocenters. The third-order valence-corrected chi connectivity index (χ3v) is 2.17. The van der Waals surface area contributed by atoms with E-state index >= 15 is 0 Å². The number of aromatic hydroxyl groups is 1. The Kier molecular flexibility index (Phi) is 2.41. The van der Waals surface area contributed by atoms with Crippen molar-refractivity contribution in [2.75, 3.05) is 5.32 Å². The number of nitrogens with one attached hydrogen (secondary N) is 1. The summed E-state index contributed by atoms with van der Waals surface area (Å²) in [5.74, 6) is 0.0553. The molecule has 0 aromatic carbocycles. The van der Waals surface area contributed by atoms with Gasteiger partial charge in [0.05, 0.1) is 18.1 Å². The fraction of sp³-hybridized carbons (Fsp3) is 0.273. The lowest BCUT2D eigenvalue weighted by Crippen LogP contribution is -2.10. The third-order valence-electron chi connectivity index (χ3n) is 2.17. The number of nitriles is 1. The van der Waals surface area contributed by atoms with E-state index in [1.807, 2.05) is 19.9 Å². The van der Waals surface area contributed by atoms with Gasteiger partial charge in [0.15, 0.2) is 0 Å². The van der Waals surface area contributed by atoms with Crippen molar-refractivity contribution in [3.05, 3.63) is 24.0 Å². The monoisotopic (exact) mass is 216 g/mol. The van der Waals surface area contributed by atoms with Gasteiger partial charge in [-0.1, -0.05) is 0 Å². The summed E-state index contributed by atoms with van der Waals surface area (Å²) < 4.78 is 1.50. The van der Waals surface area contributed by atoms with E-state index in [4.69, 9.17) is 5.26 Å². The molecular formula is C11H12N4O. The van der Waals surface area contributed by atoms with E-state index in [1.54, 1.807) is 12.3 Å². The van der Waals surface area contributed by atoms with Crippen molar-refractivity contribution in [1.82, 2.24) is 9.61 Å². The molecule has 0 spiro atoms. The van der Waals surface area contributed by atoms with Gasteiger partial charge >= 0.3 is 0 Å². The van der Waals surface area contributed by atoms with Crippen LogP contribution in [-0.4, -0.2) is 20.8 Å². The predicted octanol–water partition coefficient (Wildman–Crippen LogP) is 1.73. The van der Waals surface area contributed by atoms with Crippen LogP contribution < -0.4 is 5.32 Å². The van der Waals surface area contributed by atoms with Crippen LogP contribution in [0.3, 0.4) is 0 Å². The van der Waals surface area contributed by atoms with Crippen LogP contribution in [0.5, 0.6) is 5.75 Å². The molecule has 2 heterocycles. The normalized spacial score (nSPS) is 10.6. The minimum absolute atomic E-state index is 0.0553. The van der Waals surface area contributed by atoms with E-state index < -0.39 is 0 Å². The van der Waals surface area contributed by atoms with Gasteiger partial charge in [-0.05, 0) is 13.8 Å². The van der Waals surface area contributed by atoms with E-state index in [9.17, 15) is 5.11 Å². The molecule has 0 aliphatic rings. The minimum Gasteiger partial charge on any atom is -0.506 e. The Bertz CT molecular complexity index is 565. The van der Waals surface area contributed by atoms with Gasteiger partial charge in [0.1, 0.15) is 22.9 Å². The van der Waals surface area contributed by atoms with Gasteiger partial charge in [0, 0.05) is 12.1 Å². The van der Waals surface area contributed by atoms with Gasteiger partial charge in [0.25, 0.3) is 0 Å². The lowest BCUT2D eigenvalue weighted by molar-refractivity contribution is 0.478. The van der Waals surface area contributed by atoms with Gasteiger partial charge in [-0.3, -0.25) is 0 Å². The van der Waals surface area contributed by atoms with Crippen LogP contribution in [0.2, 0.25) is 0 Å². The van der Waals surface area contributed by atoms with Crippen molar-refractivity contribution >= 4 is 11.2 Å².